The Hall–Kier alpha value is -4.47. The summed E-state index contributed by atoms with van der Waals surface area (Å²) in [5.74, 6) is -0.405. The Morgan fingerprint density at radius 3 is 2.73 bits per heavy atom. The number of aromatic nitrogens is 5. The summed E-state index contributed by atoms with van der Waals surface area (Å²) in [4.78, 5) is 27.9. The van der Waals surface area contributed by atoms with Crippen LogP contribution in [0.4, 0.5) is 14.5 Å². The van der Waals surface area contributed by atoms with Crippen LogP contribution in [0.3, 0.4) is 0 Å². The highest BCUT2D eigenvalue weighted by atomic mass is 19.1. The van der Waals surface area contributed by atoms with Gasteiger partial charge in [0.05, 0.1) is 16.6 Å². The molecule has 0 radical (unpaired) electrons. The molecule has 0 spiro atoms. The Bertz CT molecular complexity index is 1450. The maximum absolute atomic E-state index is 14.1. The van der Waals surface area contributed by atoms with Crippen LogP contribution in [0.25, 0.3) is 33.8 Å². The third-order valence-corrected chi connectivity index (χ3v) is 4.92. The fraction of sp³-hybridized carbons (Fsp3) is 0.0870. The van der Waals surface area contributed by atoms with Gasteiger partial charge in [-0.25, -0.2) is 13.8 Å². The summed E-state index contributed by atoms with van der Waals surface area (Å²) in [5, 5.41) is 6.71. The van der Waals surface area contributed by atoms with Crippen LogP contribution in [0.5, 0.6) is 0 Å². The molecule has 164 valence electrons. The molecule has 5 aromatic rings. The number of aromatic amines is 1. The number of fused-ring (bicyclic) bond motifs is 1. The number of pyridine rings is 1. The van der Waals surface area contributed by atoms with Gasteiger partial charge in [-0.15, -0.1) is 0 Å². The number of hydrogen-bond donors (Lipinski definition) is 2. The van der Waals surface area contributed by atoms with Crippen LogP contribution in [-0.4, -0.2) is 31.0 Å². The predicted molar refractivity (Wildman–Crippen MR) is 116 cm³/mol. The van der Waals surface area contributed by atoms with E-state index in [4.69, 9.17) is 4.52 Å². The molecular weight excluding hydrogens is 430 g/mol. The number of benzene rings is 2. The Kier molecular flexibility index (Phi) is 5.31. The van der Waals surface area contributed by atoms with Crippen LogP contribution < -0.4 is 5.32 Å². The van der Waals surface area contributed by atoms with Gasteiger partial charge in [-0.1, -0.05) is 5.16 Å². The maximum Gasteiger partial charge on any atom is 0.227 e. The van der Waals surface area contributed by atoms with E-state index in [-0.39, 0.29) is 30.1 Å². The van der Waals surface area contributed by atoms with Gasteiger partial charge in [0.25, 0.3) is 0 Å². The normalized spacial score (nSPS) is 11.1. The minimum atomic E-state index is -0.586. The molecular formula is C23H16F2N6O2. The van der Waals surface area contributed by atoms with E-state index >= 15 is 0 Å². The van der Waals surface area contributed by atoms with Crippen molar-refractivity contribution in [1.82, 2.24) is 25.1 Å². The van der Waals surface area contributed by atoms with E-state index in [1.54, 1.807) is 42.7 Å². The van der Waals surface area contributed by atoms with Crippen LogP contribution >= 0.6 is 0 Å². The standard InChI is InChI=1S/C23H16F2N6O2/c24-14-1-3-17(25)16(11-14)23-28-18-4-2-15(12-19(18)29-23)27-20(32)5-6-21-30-22(31-33-21)13-7-9-26-10-8-13/h1-4,7-12H,5-6H2,(H,27,32)(H,28,29). The average Bonchev–Trinajstić information content (AvgIpc) is 3.47. The minimum absolute atomic E-state index is 0.0301. The van der Waals surface area contributed by atoms with E-state index in [1.807, 2.05) is 0 Å². The van der Waals surface area contributed by atoms with Gasteiger partial charge in [-0.05, 0) is 48.5 Å². The van der Waals surface area contributed by atoms with Crippen molar-refractivity contribution >= 4 is 22.6 Å². The van der Waals surface area contributed by atoms with Crippen molar-refractivity contribution < 1.29 is 18.1 Å². The summed E-state index contributed by atoms with van der Waals surface area (Å²) in [6.07, 6.45) is 3.68. The first-order valence-corrected chi connectivity index (χ1v) is 10.0. The van der Waals surface area contributed by atoms with Crippen molar-refractivity contribution in [2.75, 3.05) is 5.32 Å². The van der Waals surface area contributed by atoms with Gasteiger partial charge >= 0.3 is 0 Å². The zero-order chi connectivity index (χ0) is 22.8. The zero-order valence-electron chi connectivity index (χ0n) is 17.0. The molecule has 0 bridgehead atoms. The minimum Gasteiger partial charge on any atom is -0.339 e. The molecule has 0 aliphatic heterocycles. The number of rotatable bonds is 6. The van der Waals surface area contributed by atoms with Crippen LogP contribution in [0.15, 0.2) is 65.4 Å². The molecule has 8 nitrogen and oxygen atoms in total. The lowest BCUT2D eigenvalue weighted by atomic mass is 10.2. The van der Waals surface area contributed by atoms with Gasteiger partial charge in [-0.2, -0.15) is 4.98 Å². The van der Waals surface area contributed by atoms with Gasteiger partial charge in [0.2, 0.25) is 17.6 Å². The Morgan fingerprint density at radius 2 is 1.88 bits per heavy atom. The first kappa shape index (κ1) is 20.4. The van der Waals surface area contributed by atoms with Gasteiger partial charge in [-0.3, -0.25) is 9.78 Å². The molecule has 0 fully saturated rings. The van der Waals surface area contributed by atoms with Crippen molar-refractivity contribution in [3.05, 3.63) is 78.4 Å². The number of amides is 1. The predicted octanol–water partition coefficient (Wildman–Crippen LogP) is 4.52. The number of imidazole rings is 1. The lowest BCUT2D eigenvalue weighted by molar-refractivity contribution is -0.116. The number of hydrogen-bond acceptors (Lipinski definition) is 6. The summed E-state index contributed by atoms with van der Waals surface area (Å²) >= 11 is 0. The second kappa shape index (κ2) is 8.58. The fourth-order valence-electron chi connectivity index (χ4n) is 3.31. The van der Waals surface area contributed by atoms with Crippen LogP contribution in [0.1, 0.15) is 12.3 Å². The fourth-order valence-corrected chi connectivity index (χ4v) is 3.31. The largest absolute Gasteiger partial charge is 0.339 e. The molecule has 2 aromatic carbocycles. The smallest absolute Gasteiger partial charge is 0.227 e. The van der Waals surface area contributed by atoms with E-state index in [0.717, 1.165) is 23.8 Å². The first-order valence-electron chi connectivity index (χ1n) is 10.0. The van der Waals surface area contributed by atoms with Crippen molar-refractivity contribution in [1.29, 1.82) is 0 Å². The highest BCUT2D eigenvalue weighted by Gasteiger charge is 2.13. The second-order valence-electron chi connectivity index (χ2n) is 7.24. The number of nitrogens with one attached hydrogen (secondary N) is 2. The molecule has 0 saturated carbocycles. The SMILES string of the molecule is O=C(CCc1nc(-c2ccncc2)no1)Nc1ccc2nc(-c3cc(F)ccc3F)[nH]c2c1. The molecule has 0 unspecified atom stereocenters. The lowest BCUT2D eigenvalue weighted by Gasteiger charge is -2.03. The topological polar surface area (TPSA) is 110 Å². The van der Waals surface area contributed by atoms with Crippen LogP contribution in [0.2, 0.25) is 0 Å². The quantitative estimate of drug-likeness (QED) is 0.397. The lowest BCUT2D eigenvalue weighted by Crippen LogP contribution is -2.12. The average molecular weight is 446 g/mol. The summed E-state index contributed by atoms with van der Waals surface area (Å²) in [6, 6.07) is 11.7. The molecule has 0 aliphatic rings. The molecule has 0 atom stereocenters. The molecule has 3 heterocycles. The zero-order valence-corrected chi connectivity index (χ0v) is 17.0. The van der Waals surface area contributed by atoms with E-state index in [2.05, 4.69) is 30.4 Å². The Labute approximate surface area is 185 Å². The number of anilines is 1. The molecule has 0 aliphatic carbocycles. The number of H-pyrrole nitrogens is 1. The van der Waals surface area contributed by atoms with E-state index in [1.165, 1.54) is 0 Å². The number of carbonyl (C=O) groups excluding carboxylic acids is 1. The number of halogens is 2. The molecule has 5 rings (SSSR count). The number of nitrogens with zero attached hydrogens (tertiary/aromatic N) is 4. The highest BCUT2D eigenvalue weighted by molar-refractivity contribution is 5.93. The van der Waals surface area contributed by atoms with Crippen molar-refractivity contribution in [2.24, 2.45) is 0 Å². The van der Waals surface area contributed by atoms with E-state index in [0.29, 0.717) is 28.4 Å². The van der Waals surface area contributed by atoms with E-state index < -0.39 is 11.6 Å². The molecule has 10 heteroatoms. The van der Waals surface area contributed by atoms with Gasteiger partial charge in [0.15, 0.2) is 0 Å². The van der Waals surface area contributed by atoms with Crippen LogP contribution in [0, 0.1) is 11.6 Å². The first-order chi connectivity index (χ1) is 16.0. The Morgan fingerprint density at radius 1 is 1.03 bits per heavy atom. The maximum atomic E-state index is 14.1. The Balaban J connectivity index is 1.25. The third kappa shape index (κ3) is 4.45. The second-order valence-corrected chi connectivity index (χ2v) is 7.24. The summed E-state index contributed by atoms with van der Waals surface area (Å²) in [6.45, 7) is 0. The summed E-state index contributed by atoms with van der Waals surface area (Å²) in [5.41, 5.74) is 2.47. The van der Waals surface area contributed by atoms with Gasteiger partial charge in [0.1, 0.15) is 17.5 Å². The molecule has 3 aromatic heterocycles. The third-order valence-electron chi connectivity index (χ3n) is 4.92. The highest BCUT2D eigenvalue weighted by Crippen LogP contribution is 2.25. The molecule has 0 saturated heterocycles. The molecule has 33 heavy (non-hydrogen) atoms. The van der Waals surface area contributed by atoms with Crippen molar-refractivity contribution in [3.63, 3.8) is 0 Å². The van der Waals surface area contributed by atoms with Crippen molar-refractivity contribution in [3.8, 4) is 22.8 Å². The summed E-state index contributed by atoms with van der Waals surface area (Å²) in [7, 11) is 0. The number of aryl methyl sites for hydroxylation is 1. The molecule has 2 N–H and O–H groups in total. The summed E-state index contributed by atoms with van der Waals surface area (Å²) < 4.78 is 32.8. The van der Waals surface area contributed by atoms with Gasteiger partial charge < -0.3 is 14.8 Å². The van der Waals surface area contributed by atoms with Crippen molar-refractivity contribution in [2.45, 2.75) is 12.8 Å². The number of carbonyl (C=O) groups is 1. The monoisotopic (exact) mass is 446 g/mol. The van der Waals surface area contributed by atoms with Crippen LogP contribution in [-0.2, 0) is 11.2 Å². The van der Waals surface area contributed by atoms with Gasteiger partial charge in [0, 0.05) is 36.5 Å². The molecule has 1 amide bonds. The van der Waals surface area contributed by atoms with E-state index in [9.17, 15) is 13.6 Å².